The lowest BCUT2D eigenvalue weighted by atomic mass is 9.90. The van der Waals surface area contributed by atoms with E-state index in [1.54, 1.807) is 0 Å². The van der Waals surface area contributed by atoms with Crippen molar-refractivity contribution in [2.24, 2.45) is 0 Å². The molecule has 1 rings (SSSR count). The van der Waals surface area contributed by atoms with Crippen molar-refractivity contribution < 1.29 is 9.90 Å². The molecule has 0 bridgehead atoms. The van der Waals surface area contributed by atoms with Gasteiger partial charge in [-0.1, -0.05) is 0 Å². The zero-order chi connectivity index (χ0) is 9.35. The van der Waals surface area contributed by atoms with E-state index in [0.29, 0.717) is 6.04 Å². The Bertz CT molecular complexity index is 189. The van der Waals surface area contributed by atoms with Gasteiger partial charge < -0.3 is 5.11 Å². The van der Waals surface area contributed by atoms with Crippen molar-refractivity contribution in [3.63, 3.8) is 0 Å². The summed E-state index contributed by atoms with van der Waals surface area (Å²) in [4.78, 5) is 12.8. The summed E-state index contributed by atoms with van der Waals surface area (Å²) in [6.45, 7) is 7.18. The van der Waals surface area contributed by atoms with Gasteiger partial charge in [-0.05, 0) is 27.2 Å². The molecule has 12 heavy (non-hydrogen) atoms. The van der Waals surface area contributed by atoms with Crippen molar-refractivity contribution in [1.29, 1.82) is 0 Å². The highest BCUT2D eigenvalue weighted by Gasteiger charge is 2.37. The van der Waals surface area contributed by atoms with Gasteiger partial charge in [0, 0.05) is 18.1 Å². The topological polar surface area (TPSA) is 40.5 Å². The van der Waals surface area contributed by atoms with E-state index in [2.05, 4.69) is 11.8 Å². The van der Waals surface area contributed by atoms with Gasteiger partial charge in [-0.25, -0.2) is 0 Å². The molecule has 0 spiro atoms. The zero-order valence-corrected chi connectivity index (χ0v) is 8.00. The minimum absolute atomic E-state index is 0.177. The number of hydrogen-bond acceptors (Lipinski definition) is 2. The van der Waals surface area contributed by atoms with E-state index >= 15 is 0 Å². The van der Waals surface area contributed by atoms with E-state index < -0.39 is 5.97 Å². The van der Waals surface area contributed by atoms with Crippen molar-refractivity contribution in [3.8, 4) is 0 Å². The van der Waals surface area contributed by atoms with Crippen LogP contribution in [0.15, 0.2) is 0 Å². The lowest BCUT2D eigenvalue weighted by Gasteiger charge is -2.49. The van der Waals surface area contributed by atoms with Crippen molar-refractivity contribution in [2.75, 3.05) is 6.54 Å². The standard InChI is InChI=1S/C9H17NO2/c1-7-4-5-10(7)9(2,3)6-8(11)12/h7H,4-6H2,1-3H3,(H,11,12). The fraction of sp³-hybridized carbons (Fsp3) is 0.889. The van der Waals surface area contributed by atoms with E-state index in [9.17, 15) is 4.79 Å². The van der Waals surface area contributed by atoms with Crippen LogP contribution in [0.5, 0.6) is 0 Å². The van der Waals surface area contributed by atoms with Gasteiger partial charge in [0.1, 0.15) is 0 Å². The maximum Gasteiger partial charge on any atom is 0.305 e. The van der Waals surface area contributed by atoms with E-state index in [0.717, 1.165) is 6.54 Å². The highest BCUT2D eigenvalue weighted by atomic mass is 16.4. The predicted molar refractivity (Wildman–Crippen MR) is 47.1 cm³/mol. The van der Waals surface area contributed by atoms with Gasteiger partial charge in [-0.2, -0.15) is 0 Å². The number of carboxylic acids is 1. The van der Waals surface area contributed by atoms with Crippen molar-refractivity contribution in [2.45, 2.75) is 45.2 Å². The van der Waals surface area contributed by atoms with Gasteiger partial charge in [-0.15, -0.1) is 0 Å². The average molecular weight is 171 g/mol. The molecule has 0 amide bonds. The van der Waals surface area contributed by atoms with Crippen LogP contribution in [-0.2, 0) is 4.79 Å². The van der Waals surface area contributed by atoms with Crippen LogP contribution in [-0.4, -0.2) is 34.1 Å². The SMILES string of the molecule is CC1CCN1C(C)(C)CC(=O)O. The molecule has 0 saturated carbocycles. The monoisotopic (exact) mass is 171 g/mol. The lowest BCUT2D eigenvalue weighted by molar-refractivity contribution is -0.141. The molecule has 0 aromatic rings. The maximum atomic E-state index is 10.5. The minimum Gasteiger partial charge on any atom is -0.481 e. The summed E-state index contributed by atoms with van der Waals surface area (Å²) in [5, 5.41) is 8.68. The summed E-state index contributed by atoms with van der Waals surface area (Å²) in [5.74, 6) is -0.709. The summed E-state index contributed by atoms with van der Waals surface area (Å²) in [6.07, 6.45) is 1.43. The molecule has 1 atom stereocenters. The molecule has 0 radical (unpaired) electrons. The van der Waals surface area contributed by atoms with Crippen LogP contribution in [0.3, 0.4) is 0 Å². The molecule has 0 aromatic carbocycles. The molecule has 0 aromatic heterocycles. The summed E-state index contributed by atoms with van der Waals surface area (Å²) in [6, 6.07) is 0.555. The Hall–Kier alpha value is -0.570. The molecule has 1 N–H and O–H groups in total. The van der Waals surface area contributed by atoms with Crippen LogP contribution in [0.4, 0.5) is 0 Å². The molecule has 1 aliphatic rings. The molecule has 1 unspecified atom stereocenters. The Morgan fingerprint density at radius 3 is 2.50 bits per heavy atom. The lowest BCUT2D eigenvalue weighted by Crippen LogP contribution is -2.57. The summed E-state index contributed by atoms with van der Waals surface area (Å²) in [5.41, 5.74) is -0.177. The molecule has 70 valence electrons. The quantitative estimate of drug-likeness (QED) is 0.696. The first-order valence-corrected chi connectivity index (χ1v) is 4.42. The van der Waals surface area contributed by atoms with Gasteiger partial charge in [0.25, 0.3) is 0 Å². The largest absolute Gasteiger partial charge is 0.481 e. The number of rotatable bonds is 3. The number of likely N-dealkylation sites (tertiary alicyclic amines) is 1. The van der Waals surface area contributed by atoms with Gasteiger partial charge in [0.05, 0.1) is 6.42 Å². The van der Waals surface area contributed by atoms with Crippen LogP contribution in [0.1, 0.15) is 33.6 Å². The molecule has 3 heteroatoms. The van der Waals surface area contributed by atoms with Crippen LogP contribution < -0.4 is 0 Å². The smallest absolute Gasteiger partial charge is 0.305 e. The van der Waals surface area contributed by atoms with E-state index in [-0.39, 0.29) is 12.0 Å². The highest BCUT2D eigenvalue weighted by molar-refractivity contribution is 5.68. The van der Waals surface area contributed by atoms with Crippen LogP contribution in [0.25, 0.3) is 0 Å². The second-order valence-electron chi connectivity index (χ2n) is 4.21. The molecule has 0 aliphatic carbocycles. The molecule has 1 aliphatic heterocycles. The summed E-state index contributed by atoms with van der Waals surface area (Å²) < 4.78 is 0. The Labute approximate surface area is 73.4 Å². The molecular formula is C9H17NO2. The number of carbonyl (C=O) groups is 1. The van der Waals surface area contributed by atoms with Crippen LogP contribution in [0.2, 0.25) is 0 Å². The molecule has 1 saturated heterocycles. The maximum absolute atomic E-state index is 10.5. The van der Waals surface area contributed by atoms with Crippen molar-refractivity contribution >= 4 is 5.97 Å². The third kappa shape index (κ3) is 1.78. The van der Waals surface area contributed by atoms with Gasteiger partial charge in [0.15, 0.2) is 0 Å². The molecular weight excluding hydrogens is 154 g/mol. The van der Waals surface area contributed by atoms with Gasteiger partial charge in [0.2, 0.25) is 0 Å². The van der Waals surface area contributed by atoms with Gasteiger partial charge in [-0.3, -0.25) is 9.69 Å². The second kappa shape index (κ2) is 3.05. The second-order valence-corrected chi connectivity index (χ2v) is 4.21. The fourth-order valence-electron chi connectivity index (χ4n) is 1.89. The Balaban J connectivity index is 2.52. The van der Waals surface area contributed by atoms with Crippen molar-refractivity contribution in [1.82, 2.24) is 4.90 Å². The molecule has 3 nitrogen and oxygen atoms in total. The molecule has 1 heterocycles. The Morgan fingerprint density at radius 2 is 2.25 bits per heavy atom. The molecule has 1 fully saturated rings. The third-order valence-electron chi connectivity index (χ3n) is 2.68. The van der Waals surface area contributed by atoms with Crippen molar-refractivity contribution in [3.05, 3.63) is 0 Å². The third-order valence-corrected chi connectivity index (χ3v) is 2.68. The number of hydrogen-bond donors (Lipinski definition) is 1. The highest BCUT2D eigenvalue weighted by Crippen LogP contribution is 2.29. The number of nitrogens with zero attached hydrogens (tertiary/aromatic N) is 1. The normalized spacial score (nSPS) is 25.1. The number of aliphatic carboxylic acids is 1. The number of carboxylic acid groups (broad SMARTS) is 1. The van der Waals surface area contributed by atoms with Crippen LogP contribution >= 0.6 is 0 Å². The first kappa shape index (κ1) is 9.52. The first-order chi connectivity index (χ1) is 5.43. The van der Waals surface area contributed by atoms with E-state index in [4.69, 9.17) is 5.11 Å². The summed E-state index contributed by atoms with van der Waals surface area (Å²) >= 11 is 0. The van der Waals surface area contributed by atoms with Crippen LogP contribution in [0, 0.1) is 0 Å². The average Bonchev–Trinajstić information content (AvgIpc) is 1.79. The fourth-order valence-corrected chi connectivity index (χ4v) is 1.89. The van der Waals surface area contributed by atoms with E-state index in [1.807, 2.05) is 13.8 Å². The Kier molecular flexibility index (Phi) is 2.42. The zero-order valence-electron chi connectivity index (χ0n) is 8.00. The Morgan fingerprint density at radius 1 is 1.67 bits per heavy atom. The van der Waals surface area contributed by atoms with Gasteiger partial charge >= 0.3 is 5.97 Å². The predicted octanol–water partition coefficient (Wildman–Crippen LogP) is 1.33. The summed E-state index contributed by atoms with van der Waals surface area (Å²) in [7, 11) is 0. The van der Waals surface area contributed by atoms with E-state index in [1.165, 1.54) is 6.42 Å². The minimum atomic E-state index is -0.709. The first-order valence-electron chi connectivity index (χ1n) is 4.42.